The van der Waals surface area contributed by atoms with Gasteiger partial charge in [0.2, 0.25) is 5.91 Å². The van der Waals surface area contributed by atoms with Crippen LogP contribution in [-0.2, 0) is 4.79 Å². The number of likely N-dealkylation sites (N-methyl/N-ethyl adjacent to an activating group) is 1. The largest absolute Gasteiger partial charge is 0.492 e. The van der Waals surface area contributed by atoms with Crippen LogP contribution in [0.5, 0.6) is 5.75 Å². The zero-order chi connectivity index (χ0) is 19.1. The molecule has 2 aromatic carbocycles. The highest BCUT2D eigenvalue weighted by Gasteiger charge is 2.12. The minimum atomic E-state index is -0.418. The fourth-order valence-corrected chi connectivity index (χ4v) is 2.44. The molecule has 2 aromatic rings. The third-order valence-corrected chi connectivity index (χ3v) is 3.82. The van der Waals surface area contributed by atoms with E-state index in [9.17, 15) is 14.0 Å². The van der Waals surface area contributed by atoms with Crippen molar-refractivity contribution in [3.05, 3.63) is 65.0 Å². The average molecular weight is 358 g/mol. The summed E-state index contributed by atoms with van der Waals surface area (Å²) >= 11 is 0. The molecule has 0 fully saturated rings. The number of ether oxygens (including phenoxy) is 1. The van der Waals surface area contributed by atoms with Gasteiger partial charge in [0.1, 0.15) is 18.2 Å². The molecule has 0 spiro atoms. The Morgan fingerprint density at radius 2 is 1.69 bits per heavy atom. The van der Waals surface area contributed by atoms with E-state index < -0.39 is 11.7 Å². The highest BCUT2D eigenvalue weighted by molar-refractivity contribution is 5.96. The van der Waals surface area contributed by atoms with Crippen LogP contribution in [0.25, 0.3) is 0 Å². The number of nitrogens with one attached hydrogen (secondary N) is 1. The first-order valence-electron chi connectivity index (χ1n) is 8.34. The molecule has 6 heteroatoms. The molecule has 0 aliphatic carbocycles. The summed E-state index contributed by atoms with van der Waals surface area (Å²) in [6.07, 6.45) is 0. The molecule has 0 saturated heterocycles. The highest BCUT2D eigenvalue weighted by Crippen LogP contribution is 2.16. The zero-order valence-corrected chi connectivity index (χ0v) is 15.2. The van der Waals surface area contributed by atoms with Gasteiger partial charge in [-0.3, -0.25) is 9.59 Å². The van der Waals surface area contributed by atoms with Gasteiger partial charge >= 0.3 is 0 Å². The predicted molar refractivity (Wildman–Crippen MR) is 97.8 cm³/mol. The highest BCUT2D eigenvalue weighted by atomic mass is 19.1. The Hall–Kier alpha value is -2.89. The summed E-state index contributed by atoms with van der Waals surface area (Å²) in [5, 5.41) is 2.53. The standard InChI is InChI=1S/C20H23FN2O3/c1-14-10-15(2)12-18(11-14)26-9-8-23(3)19(24)13-22-20(25)16-4-6-17(21)7-5-16/h4-7,10-12H,8-9,13H2,1-3H3,(H,22,25). The van der Waals surface area contributed by atoms with E-state index in [4.69, 9.17) is 4.74 Å². The van der Waals surface area contributed by atoms with Crippen LogP contribution in [-0.4, -0.2) is 43.5 Å². The summed E-state index contributed by atoms with van der Waals surface area (Å²) in [5.41, 5.74) is 2.54. The molecule has 2 rings (SSSR count). The molecule has 0 bridgehead atoms. The molecule has 0 heterocycles. The first-order chi connectivity index (χ1) is 12.3. The first kappa shape index (κ1) is 19.4. The normalized spacial score (nSPS) is 10.3. The van der Waals surface area contributed by atoms with Crippen LogP contribution < -0.4 is 10.1 Å². The summed E-state index contributed by atoms with van der Waals surface area (Å²) in [5.74, 6) is -0.295. The van der Waals surface area contributed by atoms with Crippen molar-refractivity contribution in [1.29, 1.82) is 0 Å². The molecule has 26 heavy (non-hydrogen) atoms. The predicted octanol–water partition coefficient (Wildman–Crippen LogP) is 2.71. The third-order valence-electron chi connectivity index (χ3n) is 3.82. The van der Waals surface area contributed by atoms with Crippen LogP contribution in [0.1, 0.15) is 21.5 Å². The lowest BCUT2D eigenvalue weighted by Gasteiger charge is -2.18. The van der Waals surface area contributed by atoms with Gasteiger partial charge in [0.05, 0.1) is 13.1 Å². The lowest BCUT2D eigenvalue weighted by atomic mass is 10.1. The minimum Gasteiger partial charge on any atom is -0.492 e. The zero-order valence-electron chi connectivity index (χ0n) is 15.2. The summed E-state index contributed by atoms with van der Waals surface area (Å²) < 4.78 is 18.5. The number of nitrogens with zero attached hydrogens (tertiary/aromatic N) is 1. The maximum absolute atomic E-state index is 12.9. The molecule has 138 valence electrons. The number of halogens is 1. The van der Waals surface area contributed by atoms with Crippen LogP contribution in [0.2, 0.25) is 0 Å². The summed E-state index contributed by atoms with van der Waals surface area (Å²) in [6, 6.07) is 11.1. The molecule has 0 aliphatic rings. The monoisotopic (exact) mass is 358 g/mol. The van der Waals surface area contributed by atoms with Crippen LogP contribution in [0.3, 0.4) is 0 Å². The Kier molecular flexibility index (Phi) is 6.72. The van der Waals surface area contributed by atoms with Gasteiger partial charge in [-0.05, 0) is 61.4 Å². The number of benzene rings is 2. The quantitative estimate of drug-likeness (QED) is 0.828. The molecule has 0 saturated carbocycles. The molecule has 2 amide bonds. The lowest BCUT2D eigenvalue weighted by Crippen LogP contribution is -2.39. The second-order valence-corrected chi connectivity index (χ2v) is 6.18. The van der Waals surface area contributed by atoms with Crippen molar-refractivity contribution in [1.82, 2.24) is 10.2 Å². The van der Waals surface area contributed by atoms with Crippen molar-refractivity contribution in [3.63, 3.8) is 0 Å². The number of rotatable bonds is 7. The van der Waals surface area contributed by atoms with E-state index in [0.29, 0.717) is 18.7 Å². The smallest absolute Gasteiger partial charge is 0.251 e. The van der Waals surface area contributed by atoms with Gasteiger partial charge in [0.25, 0.3) is 5.91 Å². The van der Waals surface area contributed by atoms with Crippen LogP contribution in [0, 0.1) is 19.7 Å². The van der Waals surface area contributed by atoms with Gasteiger partial charge in [-0.15, -0.1) is 0 Å². The molecule has 0 atom stereocenters. The average Bonchev–Trinajstić information content (AvgIpc) is 2.59. The summed E-state index contributed by atoms with van der Waals surface area (Å²) in [6.45, 7) is 4.63. The number of carbonyl (C=O) groups is 2. The number of hydrogen-bond donors (Lipinski definition) is 1. The Labute approximate surface area is 152 Å². The van der Waals surface area contributed by atoms with Gasteiger partial charge < -0.3 is 15.0 Å². The van der Waals surface area contributed by atoms with E-state index in [-0.39, 0.29) is 12.5 Å². The van der Waals surface area contributed by atoms with Gasteiger partial charge in [-0.2, -0.15) is 0 Å². The molecule has 0 aromatic heterocycles. The molecule has 1 N–H and O–H groups in total. The first-order valence-corrected chi connectivity index (χ1v) is 8.34. The Balaban J connectivity index is 1.74. The molecule has 5 nitrogen and oxygen atoms in total. The van der Waals surface area contributed by atoms with Crippen molar-refractivity contribution < 1.29 is 18.7 Å². The molecular formula is C20H23FN2O3. The summed E-state index contributed by atoms with van der Waals surface area (Å²) in [7, 11) is 1.65. The van der Waals surface area contributed by atoms with E-state index in [0.717, 1.165) is 16.9 Å². The number of aryl methyl sites for hydroxylation is 2. The molecular weight excluding hydrogens is 335 g/mol. The van der Waals surface area contributed by atoms with Crippen molar-refractivity contribution in [2.75, 3.05) is 26.7 Å². The van der Waals surface area contributed by atoms with Crippen molar-refractivity contribution >= 4 is 11.8 Å². The number of carbonyl (C=O) groups excluding carboxylic acids is 2. The van der Waals surface area contributed by atoms with Crippen LogP contribution in [0.15, 0.2) is 42.5 Å². The van der Waals surface area contributed by atoms with Crippen molar-refractivity contribution in [2.24, 2.45) is 0 Å². The lowest BCUT2D eigenvalue weighted by molar-refractivity contribution is -0.129. The van der Waals surface area contributed by atoms with E-state index in [1.807, 2.05) is 26.0 Å². The van der Waals surface area contributed by atoms with Gasteiger partial charge in [0, 0.05) is 12.6 Å². The van der Waals surface area contributed by atoms with Gasteiger partial charge in [0.15, 0.2) is 0 Å². The fourth-order valence-electron chi connectivity index (χ4n) is 2.44. The second-order valence-electron chi connectivity index (χ2n) is 6.18. The second kappa shape index (κ2) is 8.99. The van der Waals surface area contributed by atoms with Crippen molar-refractivity contribution in [3.8, 4) is 5.75 Å². The maximum Gasteiger partial charge on any atom is 0.251 e. The minimum absolute atomic E-state index is 0.129. The van der Waals surface area contributed by atoms with E-state index in [1.54, 1.807) is 7.05 Å². The van der Waals surface area contributed by atoms with E-state index in [2.05, 4.69) is 11.4 Å². The van der Waals surface area contributed by atoms with E-state index >= 15 is 0 Å². The summed E-state index contributed by atoms with van der Waals surface area (Å²) in [4.78, 5) is 25.5. The van der Waals surface area contributed by atoms with Gasteiger partial charge in [-0.25, -0.2) is 4.39 Å². The Bertz CT molecular complexity index is 755. The van der Waals surface area contributed by atoms with Crippen molar-refractivity contribution in [2.45, 2.75) is 13.8 Å². The van der Waals surface area contributed by atoms with E-state index in [1.165, 1.54) is 29.2 Å². The third kappa shape index (κ3) is 5.88. The fraction of sp³-hybridized carbons (Fsp3) is 0.300. The SMILES string of the molecule is Cc1cc(C)cc(OCCN(C)C(=O)CNC(=O)c2ccc(F)cc2)c1. The molecule has 0 radical (unpaired) electrons. The maximum atomic E-state index is 12.9. The van der Waals surface area contributed by atoms with Gasteiger partial charge in [-0.1, -0.05) is 6.07 Å². The molecule has 0 unspecified atom stereocenters. The number of amides is 2. The number of hydrogen-bond acceptors (Lipinski definition) is 3. The topological polar surface area (TPSA) is 58.6 Å². The van der Waals surface area contributed by atoms with Crippen LogP contribution >= 0.6 is 0 Å². The van der Waals surface area contributed by atoms with Crippen LogP contribution in [0.4, 0.5) is 4.39 Å². The Morgan fingerprint density at radius 3 is 2.31 bits per heavy atom. The molecule has 0 aliphatic heterocycles. The Morgan fingerprint density at radius 1 is 1.08 bits per heavy atom.